The Balaban J connectivity index is 1.86. The smallest absolute Gasteiger partial charge is 0.338 e. The van der Waals surface area contributed by atoms with Crippen LogP contribution in [0.5, 0.6) is 0 Å². The van der Waals surface area contributed by atoms with E-state index in [-0.39, 0.29) is 5.91 Å². The zero-order valence-corrected chi connectivity index (χ0v) is 14.5. The van der Waals surface area contributed by atoms with Crippen molar-refractivity contribution in [2.24, 2.45) is 5.92 Å². The van der Waals surface area contributed by atoms with Crippen LogP contribution in [0.4, 0.5) is 13.2 Å². The summed E-state index contributed by atoms with van der Waals surface area (Å²) in [6.07, 6.45) is -3.42. The molecule has 1 unspecified atom stereocenters. The third kappa shape index (κ3) is 3.90. The van der Waals surface area contributed by atoms with Crippen LogP contribution in [0.1, 0.15) is 22.3 Å². The molecular weight excluding hydrogens is 341 g/mol. The third-order valence-electron chi connectivity index (χ3n) is 4.75. The summed E-state index contributed by atoms with van der Waals surface area (Å²) < 4.78 is 38.3. The van der Waals surface area contributed by atoms with E-state index >= 15 is 0 Å². The van der Waals surface area contributed by atoms with Crippen molar-refractivity contribution in [2.75, 3.05) is 26.7 Å². The topological polar surface area (TPSA) is 32.3 Å². The molecule has 0 aromatic heterocycles. The molecule has 1 aliphatic rings. The number of hydrogen-bond acceptors (Lipinski definition) is 2. The average Bonchev–Trinajstić information content (AvgIpc) is 3.09. The van der Waals surface area contributed by atoms with Gasteiger partial charge < -0.3 is 10.2 Å². The highest BCUT2D eigenvalue weighted by Crippen LogP contribution is 2.32. The van der Waals surface area contributed by atoms with E-state index in [0.29, 0.717) is 35.7 Å². The van der Waals surface area contributed by atoms with Crippen LogP contribution in [0.2, 0.25) is 0 Å². The summed E-state index contributed by atoms with van der Waals surface area (Å²) in [5, 5.41) is 3.13. The zero-order chi connectivity index (χ0) is 18.7. The average molecular weight is 362 g/mol. The Bertz CT molecular complexity index is 771. The highest BCUT2D eigenvalue weighted by molar-refractivity contribution is 6.01. The van der Waals surface area contributed by atoms with Crippen LogP contribution in [0, 0.1) is 5.92 Å². The number of likely N-dealkylation sites (tertiary alicyclic amines) is 1. The second kappa shape index (κ2) is 7.50. The quantitative estimate of drug-likeness (QED) is 0.890. The van der Waals surface area contributed by atoms with Crippen molar-refractivity contribution in [3.05, 3.63) is 59.7 Å². The van der Waals surface area contributed by atoms with Crippen molar-refractivity contribution in [1.29, 1.82) is 0 Å². The minimum absolute atomic E-state index is 0.0703. The van der Waals surface area contributed by atoms with Crippen LogP contribution in [-0.4, -0.2) is 37.5 Å². The van der Waals surface area contributed by atoms with Crippen LogP contribution in [-0.2, 0) is 6.18 Å². The van der Waals surface area contributed by atoms with Gasteiger partial charge in [-0.25, -0.2) is 0 Å². The molecule has 1 heterocycles. The van der Waals surface area contributed by atoms with Gasteiger partial charge in [0.2, 0.25) is 0 Å². The molecular formula is C20H21F3N2O. The van der Waals surface area contributed by atoms with Gasteiger partial charge in [0.15, 0.2) is 0 Å². The molecule has 26 heavy (non-hydrogen) atoms. The lowest BCUT2D eigenvalue weighted by Crippen LogP contribution is -2.30. The maximum atomic E-state index is 12.9. The van der Waals surface area contributed by atoms with E-state index < -0.39 is 11.7 Å². The normalized spacial score (nSPS) is 17.5. The van der Waals surface area contributed by atoms with Crippen molar-refractivity contribution < 1.29 is 18.0 Å². The molecule has 2 aromatic rings. The van der Waals surface area contributed by atoms with E-state index in [1.165, 1.54) is 12.1 Å². The molecule has 6 heteroatoms. The van der Waals surface area contributed by atoms with Crippen LogP contribution in [0.3, 0.4) is 0 Å². The van der Waals surface area contributed by atoms with Gasteiger partial charge in [-0.15, -0.1) is 0 Å². The molecule has 0 bridgehead atoms. The summed E-state index contributed by atoms with van der Waals surface area (Å²) in [7, 11) is 1.89. The Morgan fingerprint density at radius 3 is 2.50 bits per heavy atom. The molecule has 2 aromatic carbocycles. The van der Waals surface area contributed by atoms with E-state index in [4.69, 9.17) is 0 Å². The van der Waals surface area contributed by atoms with Crippen molar-refractivity contribution in [1.82, 2.24) is 10.2 Å². The number of carbonyl (C=O) groups is 1. The third-order valence-corrected chi connectivity index (χ3v) is 4.75. The largest absolute Gasteiger partial charge is 0.416 e. The van der Waals surface area contributed by atoms with Crippen LogP contribution < -0.4 is 5.32 Å². The highest BCUT2D eigenvalue weighted by atomic mass is 19.4. The minimum Gasteiger partial charge on any atom is -0.338 e. The highest BCUT2D eigenvalue weighted by Gasteiger charge is 2.30. The summed E-state index contributed by atoms with van der Waals surface area (Å²) in [4.78, 5) is 14.8. The lowest BCUT2D eigenvalue weighted by molar-refractivity contribution is -0.137. The molecule has 1 atom stereocenters. The van der Waals surface area contributed by atoms with Gasteiger partial charge in [0, 0.05) is 18.7 Å². The number of amides is 1. The first-order valence-electron chi connectivity index (χ1n) is 8.60. The lowest BCUT2D eigenvalue weighted by atomic mass is 9.98. The number of nitrogens with zero attached hydrogens (tertiary/aromatic N) is 1. The standard InChI is InChI=1S/C20H21F3N2O/c1-24-12-14-10-11-25(13-14)19(26)18-5-3-2-4-17(18)15-6-8-16(9-7-15)20(21,22)23/h2-9,14,24H,10-13H2,1H3. The Morgan fingerprint density at radius 2 is 1.85 bits per heavy atom. The Morgan fingerprint density at radius 1 is 1.15 bits per heavy atom. The molecule has 0 spiro atoms. The van der Waals surface area contributed by atoms with Gasteiger partial charge in [0.25, 0.3) is 5.91 Å². The maximum Gasteiger partial charge on any atom is 0.416 e. The molecule has 3 nitrogen and oxygen atoms in total. The van der Waals surface area contributed by atoms with Crippen LogP contribution in [0.25, 0.3) is 11.1 Å². The fourth-order valence-corrected chi connectivity index (χ4v) is 3.40. The summed E-state index contributed by atoms with van der Waals surface area (Å²) in [6.45, 7) is 2.26. The first-order valence-corrected chi connectivity index (χ1v) is 8.60. The summed E-state index contributed by atoms with van der Waals surface area (Å²) in [5.74, 6) is 0.362. The van der Waals surface area contributed by atoms with E-state index in [1.54, 1.807) is 24.3 Å². The summed E-state index contributed by atoms with van der Waals surface area (Å²) in [5.41, 5.74) is 1.09. The van der Waals surface area contributed by atoms with Gasteiger partial charge in [0.05, 0.1) is 5.56 Å². The molecule has 138 valence electrons. The maximum absolute atomic E-state index is 12.9. The van der Waals surface area contributed by atoms with Gasteiger partial charge >= 0.3 is 6.18 Å². The molecule has 1 aliphatic heterocycles. The predicted molar refractivity (Wildman–Crippen MR) is 94.8 cm³/mol. The second-order valence-corrected chi connectivity index (χ2v) is 6.58. The number of benzene rings is 2. The first-order chi connectivity index (χ1) is 12.4. The Labute approximate surface area is 150 Å². The lowest BCUT2D eigenvalue weighted by Gasteiger charge is -2.19. The SMILES string of the molecule is CNCC1CCN(C(=O)c2ccccc2-c2ccc(C(F)(F)F)cc2)C1. The molecule has 0 radical (unpaired) electrons. The summed E-state index contributed by atoms with van der Waals surface area (Å²) >= 11 is 0. The number of carbonyl (C=O) groups excluding carboxylic acids is 1. The van der Waals surface area contributed by atoms with Crippen LogP contribution in [0.15, 0.2) is 48.5 Å². The first kappa shape index (κ1) is 18.5. The number of alkyl halides is 3. The van der Waals surface area contributed by atoms with Crippen molar-refractivity contribution in [3.63, 3.8) is 0 Å². The second-order valence-electron chi connectivity index (χ2n) is 6.58. The zero-order valence-electron chi connectivity index (χ0n) is 14.5. The van der Waals surface area contributed by atoms with Crippen molar-refractivity contribution >= 4 is 5.91 Å². The molecule has 1 amide bonds. The monoisotopic (exact) mass is 362 g/mol. The van der Waals surface area contributed by atoms with Gasteiger partial charge in [0.1, 0.15) is 0 Å². The molecule has 1 N–H and O–H groups in total. The van der Waals surface area contributed by atoms with E-state index in [0.717, 1.165) is 25.1 Å². The minimum atomic E-state index is -4.37. The van der Waals surface area contributed by atoms with Gasteiger partial charge in [-0.2, -0.15) is 13.2 Å². The molecule has 3 rings (SSSR count). The van der Waals surface area contributed by atoms with E-state index in [9.17, 15) is 18.0 Å². The number of halogens is 3. The number of hydrogen-bond donors (Lipinski definition) is 1. The predicted octanol–water partition coefficient (Wildman–Crippen LogP) is 4.05. The van der Waals surface area contributed by atoms with E-state index in [2.05, 4.69) is 5.32 Å². The molecule has 1 fully saturated rings. The molecule has 1 saturated heterocycles. The fourth-order valence-electron chi connectivity index (χ4n) is 3.40. The van der Waals surface area contributed by atoms with Gasteiger partial charge in [-0.3, -0.25) is 4.79 Å². The van der Waals surface area contributed by atoms with Crippen molar-refractivity contribution in [3.8, 4) is 11.1 Å². The molecule has 0 aliphatic carbocycles. The Hall–Kier alpha value is -2.34. The van der Waals surface area contributed by atoms with E-state index in [1.807, 2.05) is 11.9 Å². The number of rotatable bonds is 4. The van der Waals surface area contributed by atoms with Gasteiger partial charge in [-0.05, 0) is 55.3 Å². The molecule has 0 saturated carbocycles. The summed E-state index contributed by atoms with van der Waals surface area (Å²) in [6, 6.07) is 12.0. The van der Waals surface area contributed by atoms with Crippen molar-refractivity contribution in [2.45, 2.75) is 12.6 Å². The van der Waals surface area contributed by atoms with Crippen LogP contribution >= 0.6 is 0 Å². The van der Waals surface area contributed by atoms with Gasteiger partial charge in [-0.1, -0.05) is 30.3 Å². The number of nitrogens with one attached hydrogen (secondary N) is 1. The Kier molecular flexibility index (Phi) is 5.32. The fraction of sp³-hybridized carbons (Fsp3) is 0.350.